The van der Waals surface area contributed by atoms with Crippen molar-refractivity contribution in [3.8, 4) is 11.1 Å². The third kappa shape index (κ3) is 5.76. The number of hydrogen-bond acceptors (Lipinski definition) is 4. The van der Waals surface area contributed by atoms with E-state index < -0.39 is 23.6 Å². The van der Waals surface area contributed by atoms with Crippen LogP contribution in [-0.2, 0) is 12.8 Å². The van der Waals surface area contributed by atoms with E-state index in [1.165, 1.54) is 12.1 Å². The van der Waals surface area contributed by atoms with Crippen LogP contribution in [0.5, 0.6) is 0 Å². The molecular weight excluding hydrogens is 406 g/mol. The van der Waals surface area contributed by atoms with E-state index in [4.69, 9.17) is 0 Å². The average molecular weight is 421 g/mol. The molecular formula is C22H15F3LiNO4. The van der Waals surface area contributed by atoms with Gasteiger partial charge < -0.3 is 20.3 Å². The van der Waals surface area contributed by atoms with E-state index in [2.05, 4.69) is 5.32 Å². The molecule has 3 aromatic rings. The molecule has 0 unspecified atom stereocenters. The molecule has 5 nitrogen and oxygen atoms in total. The van der Waals surface area contributed by atoms with Crippen molar-refractivity contribution in [2.24, 2.45) is 0 Å². The van der Waals surface area contributed by atoms with Gasteiger partial charge in [0, 0.05) is 11.1 Å². The fourth-order valence-electron chi connectivity index (χ4n) is 2.86. The maximum Gasteiger partial charge on any atom is 1.00 e. The molecule has 0 aromatic heterocycles. The summed E-state index contributed by atoms with van der Waals surface area (Å²) in [6, 6.07) is 14.6. The van der Waals surface area contributed by atoms with E-state index in [0.29, 0.717) is 16.7 Å². The van der Waals surface area contributed by atoms with Gasteiger partial charge in [0.25, 0.3) is 5.91 Å². The molecule has 0 fully saturated rings. The van der Waals surface area contributed by atoms with Gasteiger partial charge in [-0.3, -0.25) is 4.79 Å². The molecule has 0 aliphatic heterocycles. The zero-order chi connectivity index (χ0) is 21.9. The molecule has 0 saturated heterocycles. The van der Waals surface area contributed by atoms with Crippen molar-refractivity contribution in [1.82, 2.24) is 0 Å². The number of carbonyl (C=O) groups is 2. The van der Waals surface area contributed by atoms with E-state index in [0.717, 1.165) is 24.3 Å². The average Bonchev–Trinajstić information content (AvgIpc) is 2.73. The number of alkyl halides is 3. The van der Waals surface area contributed by atoms with Crippen molar-refractivity contribution in [2.45, 2.75) is 12.8 Å². The Morgan fingerprint density at radius 3 is 2.16 bits per heavy atom. The van der Waals surface area contributed by atoms with Gasteiger partial charge in [-0.2, -0.15) is 13.2 Å². The number of hydrogen-bond donors (Lipinski definition) is 2. The number of nitrogens with one attached hydrogen (secondary N) is 1. The first-order valence-corrected chi connectivity index (χ1v) is 8.73. The van der Waals surface area contributed by atoms with Gasteiger partial charge in [0.15, 0.2) is 0 Å². The summed E-state index contributed by atoms with van der Waals surface area (Å²) in [5.41, 5.74) is 0.518. The maximum absolute atomic E-state index is 12.6. The standard InChI is InChI=1S/C22H16F3NO4.Li/c23-22(24,25)17-7-4-14(5-8-17)20(28)26-19-9-6-16(11-18(19)21(29)30)15-3-1-2-13(10-15)12-27;/h1-11,27H,12H2,(H,26,28)(H,29,30);/q;+1/p-1. The molecule has 154 valence electrons. The Hall–Kier alpha value is -3.05. The number of rotatable bonds is 5. The fraction of sp³-hybridized carbons (Fsp3) is 0.0909. The van der Waals surface area contributed by atoms with Crippen LogP contribution in [0.15, 0.2) is 66.7 Å². The molecule has 0 spiro atoms. The number of aliphatic hydroxyl groups excluding tert-OH is 1. The van der Waals surface area contributed by atoms with Crippen LogP contribution in [0.25, 0.3) is 11.1 Å². The van der Waals surface area contributed by atoms with E-state index in [1.54, 1.807) is 30.3 Å². The van der Waals surface area contributed by atoms with Gasteiger partial charge in [0.05, 0.1) is 23.8 Å². The van der Waals surface area contributed by atoms with E-state index in [9.17, 15) is 33.0 Å². The summed E-state index contributed by atoms with van der Waals surface area (Å²) in [7, 11) is 0. The van der Waals surface area contributed by atoms with Crippen LogP contribution in [0.3, 0.4) is 0 Å². The minimum Gasteiger partial charge on any atom is -0.545 e. The van der Waals surface area contributed by atoms with Gasteiger partial charge in [-0.1, -0.05) is 24.3 Å². The first-order chi connectivity index (χ1) is 14.2. The normalized spacial score (nSPS) is 10.8. The number of anilines is 1. The minimum atomic E-state index is -4.53. The second kappa shape index (κ2) is 9.84. The van der Waals surface area contributed by atoms with Crippen molar-refractivity contribution >= 4 is 17.6 Å². The summed E-state index contributed by atoms with van der Waals surface area (Å²) in [5.74, 6) is -2.29. The largest absolute Gasteiger partial charge is 1.00 e. The van der Waals surface area contributed by atoms with Gasteiger partial charge in [-0.05, 0) is 59.2 Å². The fourth-order valence-corrected chi connectivity index (χ4v) is 2.86. The quantitative estimate of drug-likeness (QED) is 0.587. The SMILES string of the molecule is O=C(Nc1ccc(-c2cccc(CO)c2)cc1C(=O)[O-])c1ccc(C(F)(F)F)cc1.[Li+]. The smallest absolute Gasteiger partial charge is 0.545 e. The van der Waals surface area contributed by atoms with E-state index in [1.807, 2.05) is 0 Å². The van der Waals surface area contributed by atoms with Crippen molar-refractivity contribution in [2.75, 3.05) is 5.32 Å². The predicted molar refractivity (Wildman–Crippen MR) is 102 cm³/mol. The molecule has 31 heavy (non-hydrogen) atoms. The zero-order valence-electron chi connectivity index (χ0n) is 16.4. The first-order valence-electron chi connectivity index (χ1n) is 8.73. The number of halogens is 3. The number of benzene rings is 3. The van der Waals surface area contributed by atoms with Crippen LogP contribution >= 0.6 is 0 Å². The zero-order valence-corrected chi connectivity index (χ0v) is 16.4. The number of carboxylic acid groups (broad SMARTS) is 1. The van der Waals surface area contributed by atoms with Gasteiger partial charge in [-0.25, -0.2) is 0 Å². The van der Waals surface area contributed by atoms with Gasteiger partial charge in [0.2, 0.25) is 0 Å². The molecule has 3 rings (SSSR count). The van der Waals surface area contributed by atoms with Crippen molar-refractivity contribution in [1.29, 1.82) is 0 Å². The van der Waals surface area contributed by atoms with Gasteiger partial charge >= 0.3 is 25.0 Å². The Balaban J connectivity index is 0.00000341. The number of carboxylic acids is 1. The van der Waals surface area contributed by atoms with Crippen LogP contribution in [0.2, 0.25) is 0 Å². The van der Waals surface area contributed by atoms with Crippen LogP contribution in [0, 0.1) is 0 Å². The molecule has 2 N–H and O–H groups in total. The monoisotopic (exact) mass is 421 g/mol. The molecule has 1 amide bonds. The van der Waals surface area contributed by atoms with Crippen molar-refractivity contribution in [3.05, 3.63) is 89.0 Å². The van der Waals surface area contributed by atoms with Gasteiger partial charge in [0.1, 0.15) is 0 Å². The summed E-state index contributed by atoms with van der Waals surface area (Å²) in [4.78, 5) is 23.9. The Bertz CT molecular complexity index is 1100. The van der Waals surface area contributed by atoms with Crippen LogP contribution in [0.4, 0.5) is 18.9 Å². The van der Waals surface area contributed by atoms with Crippen molar-refractivity contribution < 1.29 is 51.8 Å². The minimum absolute atomic E-state index is 0. The Morgan fingerprint density at radius 1 is 0.935 bits per heavy atom. The van der Waals surface area contributed by atoms with Crippen LogP contribution in [0.1, 0.15) is 31.8 Å². The Kier molecular flexibility index (Phi) is 7.68. The maximum atomic E-state index is 12.6. The Morgan fingerprint density at radius 2 is 1.58 bits per heavy atom. The second-order valence-electron chi connectivity index (χ2n) is 6.44. The summed E-state index contributed by atoms with van der Waals surface area (Å²) < 4.78 is 37.9. The van der Waals surface area contributed by atoms with Crippen LogP contribution in [-0.4, -0.2) is 17.0 Å². The molecule has 0 bridgehead atoms. The summed E-state index contributed by atoms with van der Waals surface area (Å²) >= 11 is 0. The number of aliphatic hydroxyl groups is 1. The number of carbonyl (C=O) groups excluding carboxylic acids is 2. The summed E-state index contributed by atoms with van der Waals surface area (Å²) in [5, 5.41) is 23.2. The van der Waals surface area contributed by atoms with Crippen molar-refractivity contribution in [3.63, 3.8) is 0 Å². The van der Waals surface area contributed by atoms with E-state index in [-0.39, 0.29) is 42.3 Å². The van der Waals surface area contributed by atoms with E-state index >= 15 is 0 Å². The molecule has 0 aliphatic rings. The molecule has 0 atom stereocenters. The molecule has 3 aromatic carbocycles. The molecule has 0 aliphatic carbocycles. The van der Waals surface area contributed by atoms with Gasteiger partial charge in [-0.15, -0.1) is 0 Å². The first kappa shape index (κ1) is 24.2. The third-order valence-electron chi connectivity index (χ3n) is 4.40. The summed E-state index contributed by atoms with van der Waals surface area (Å²) in [6.45, 7) is -0.178. The molecule has 9 heteroatoms. The third-order valence-corrected chi connectivity index (χ3v) is 4.40. The van der Waals surface area contributed by atoms with Crippen LogP contribution < -0.4 is 29.3 Å². The number of amides is 1. The summed E-state index contributed by atoms with van der Waals surface area (Å²) in [6.07, 6.45) is -4.53. The second-order valence-corrected chi connectivity index (χ2v) is 6.44. The Labute approximate surface area is 187 Å². The molecule has 0 radical (unpaired) electrons. The molecule has 0 heterocycles. The predicted octanol–water partition coefficient (Wildman–Crippen LogP) is 0.484. The molecule has 0 saturated carbocycles. The topological polar surface area (TPSA) is 89.5 Å². The number of aromatic carboxylic acids is 1.